The summed E-state index contributed by atoms with van der Waals surface area (Å²) < 4.78 is 40.2. The Morgan fingerprint density at radius 1 is 1.17 bits per heavy atom. The molecule has 128 valence electrons. The van der Waals surface area contributed by atoms with Crippen molar-refractivity contribution in [1.82, 2.24) is 4.72 Å². The zero-order valence-electron chi connectivity index (χ0n) is 12.1. The van der Waals surface area contributed by atoms with Gasteiger partial charge in [0.25, 0.3) is 0 Å². The van der Waals surface area contributed by atoms with Gasteiger partial charge in [-0.05, 0) is 41.8 Å². The summed E-state index contributed by atoms with van der Waals surface area (Å²) in [6.07, 6.45) is 0.180. The Labute approximate surface area is 148 Å². The van der Waals surface area contributed by atoms with E-state index in [1.54, 1.807) is 18.2 Å². The van der Waals surface area contributed by atoms with E-state index in [0.29, 0.717) is 21.7 Å². The van der Waals surface area contributed by atoms with E-state index in [1.165, 1.54) is 0 Å². The van der Waals surface area contributed by atoms with Crippen molar-refractivity contribution in [2.24, 2.45) is 0 Å². The van der Waals surface area contributed by atoms with Gasteiger partial charge >= 0.3 is 0 Å². The summed E-state index contributed by atoms with van der Waals surface area (Å²) in [6.45, 7) is -0.0965. The molecule has 0 spiro atoms. The van der Waals surface area contributed by atoms with E-state index in [2.05, 4.69) is 4.72 Å². The van der Waals surface area contributed by atoms with Gasteiger partial charge < -0.3 is 9.90 Å². The molecule has 0 aliphatic rings. The number of carbonyl (C=O) groups excluding carboxylic acids is 1. The van der Waals surface area contributed by atoms with Crippen LogP contribution in [0.2, 0.25) is 10.0 Å². The quantitative estimate of drug-likeness (QED) is 0.817. The van der Waals surface area contributed by atoms with Crippen molar-refractivity contribution in [1.29, 1.82) is 0 Å². The largest absolute Gasteiger partial charge is 0.545 e. The summed E-state index contributed by atoms with van der Waals surface area (Å²) in [6, 6.07) is 7.26. The number of hydrogen-bond donors (Lipinski definition) is 1. The van der Waals surface area contributed by atoms with Crippen LogP contribution in [0.4, 0.5) is 4.39 Å². The fraction of sp³-hybridized carbons (Fsp3) is 0.133. The van der Waals surface area contributed by atoms with Crippen molar-refractivity contribution in [3.8, 4) is 0 Å². The van der Waals surface area contributed by atoms with Gasteiger partial charge in [-0.25, -0.2) is 17.5 Å². The second kappa shape index (κ2) is 7.48. The van der Waals surface area contributed by atoms with Crippen LogP contribution in [0.3, 0.4) is 0 Å². The van der Waals surface area contributed by atoms with Crippen LogP contribution < -0.4 is 9.83 Å². The predicted molar refractivity (Wildman–Crippen MR) is 86.1 cm³/mol. The highest BCUT2D eigenvalue weighted by Crippen LogP contribution is 2.24. The summed E-state index contributed by atoms with van der Waals surface area (Å²) in [7, 11) is -4.25. The lowest BCUT2D eigenvalue weighted by Gasteiger charge is -2.11. The zero-order chi connectivity index (χ0) is 17.9. The third kappa shape index (κ3) is 4.24. The lowest BCUT2D eigenvalue weighted by atomic mass is 10.1. The molecule has 2 aromatic rings. The zero-order valence-corrected chi connectivity index (χ0v) is 14.4. The Hall–Kier alpha value is -1.67. The van der Waals surface area contributed by atoms with E-state index < -0.39 is 32.3 Å². The van der Waals surface area contributed by atoms with Crippen LogP contribution in [0.1, 0.15) is 15.9 Å². The lowest BCUT2D eigenvalue weighted by Crippen LogP contribution is -2.28. The molecular weight excluding hydrogens is 380 g/mol. The SMILES string of the molecule is O=C([O-])c1ccc(F)c(S(=O)(=O)NCCc2c(Cl)cccc2Cl)c1. The van der Waals surface area contributed by atoms with Gasteiger partial charge in [0.2, 0.25) is 10.0 Å². The maximum atomic E-state index is 13.7. The fourth-order valence-electron chi connectivity index (χ4n) is 2.00. The van der Waals surface area contributed by atoms with Gasteiger partial charge in [0, 0.05) is 16.6 Å². The maximum Gasteiger partial charge on any atom is 0.243 e. The van der Waals surface area contributed by atoms with Crippen molar-refractivity contribution >= 4 is 39.2 Å². The Bertz CT molecular complexity index is 867. The molecule has 0 saturated carbocycles. The first kappa shape index (κ1) is 18.7. The molecule has 0 amide bonds. The van der Waals surface area contributed by atoms with E-state index in [9.17, 15) is 22.7 Å². The molecule has 0 heterocycles. The van der Waals surface area contributed by atoms with Gasteiger partial charge in [0.1, 0.15) is 10.7 Å². The van der Waals surface area contributed by atoms with Gasteiger partial charge in [-0.2, -0.15) is 0 Å². The number of benzene rings is 2. The standard InChI is InChI=1S/C15H12Cl2FNO4S/c16-11-2-1-3-12(17)10(11)6-7-19-24(22,23)14-8-9(15(20)21)4-5-13(14)18/h1-5,8,19H,6-7H2,(H,20,21)/p-1. The minimum atomic E-state index is -4.25. The monoisotopic (exact) mass is 390 g/mol. The molecule has 0 fully saturated rings. The molecule has 0 saturated heterocycles. The molecule has 24 heavy (non-hydrogen) atoms. The number of hydrogen-bond acceptors (Lipinski definition) is 4. The maximum absolute atomic E-state index is 13.7. The number of rotatable bonds is 6. The summed E-state index contributed by atoms with van der Waals surface area (Å²) in [5.74, 6) is -2.67. The number of halogens is 3. The van der Waals surface area contributed by atoms with Crippen LogP contribution in [-0.2, 0) is 16.4 Å². The van der Waals surface area contributed by atoms with Gasteiger partial charge in [-0.15, -0.1) is 0 Å². The van der Waals surface area contributed by atoms with Crippen LogP contribution >= 0.6 is 23.2 Å². The van der Waals surface area contributed by atoms with E-state index in [-0.39, 0.29) is 13.0 Å². The third-order valence-electron chi connectivity index (χ3n) is 3.19. The molecule has 1 N–H and O–H groups in total. The second-order valence-electron chi connectivity index (χ2n) is 4.78. The van der Waals surface area contributed by atoms with Gasteiger partial charge in [0.05, 0.1) is 5.97 Å². The Balaban J connectivity index is 2.18. The molecule has 5 nitrogen and oxygen atoms in total. The molecule has 0 radical (unpaired) electrons. The average Bonchev–Trinajstić information content (AvgIpc) is 2.50. The van der Waals surface area contributed by atoms with Gasteiger partial charge in [0.15, 0.2) is 0 Å². The molecule has 9 heteroatoms. The predicted octanol–water partition coefficient (Wildman–Crippen LogP) is 2.02. The highest BCUT2D eigenvalue weighted by atomic mass is 35.5. The lowest BCUT2D eigenvalue weighted by molar-refractivity contribution is -0.255. The topological polar surface area (TPSA) is 86.3 Å². The van der Waals surface area contributed by atoms with Crippen LogP contribution in [0.25, 0.3) is 0 Å². The number of carboxylic acid groups (broad SMARTS) is 1. The van der Waals surface area contributed by atoms with E-state index >= 15 is 0 Å². The molecule has 0 aromatic heterocycles. The minimum absolute atomic E-state index is 0.0965. The normalized spacial score (nSPS) is 11.5. The van der Waals surface area contributed by atoms with Crippen LogP contribution in [0.15, 0.2) is 41.3 Å². The summed E-state index contributed by atoms with van der Waals surface area (Å²) in [4.78, 5) is 10.0. The first-order valence-corrected chi connectivity index (χ1v) is 8.90. The molecule has 2 rings (SSSR count). The Morgan fingerprint density at radius 3 is 2.38 bits per heavy atom. The average molecular weight is 391 g/mol. The highest BCUT2D eigenvalue weighted by Gasteiger charge is 2.20. The fourth-order valence-corrected chi connectivity index (χ4v) is 3.72. The molecule has 0 unspecified atom stereocenters. The molecule has 2 aromatic carbocycles. The highest BCUT2D eigenvalue weighted by molar-refractivity contribution is 7.89. The Kier molecular flexibility index (Phi) is 5.82. The number of carboxylic acids is 1. The number of aromatic carboxylic acids is 1. The van der Waals surface area contributed by atoms with Crippen LogP contribution in [-0.4, -0.2) is 20.9 Å². The summed E-state index contributed by atoms with van der Waals surface area (Å²) >= 11 is 12.0. The van der Waals surface area contributed by atoms with Gasteiger partial charge in [-0.1, -0.05) is 35.3 Å². The van der Waals surface area contributed by atoms with Crippen molar-refractivity contribution in [2.45, 2.75) is 11.3 Å². The number of carbonyl (C=O) groups is 1. The number of nitrogens with one attached hydrogen (secondary N) is 1. The Morgan fingerprint density at radius 2 is 1.79 bits per heavy atom. The molecule has 0 aliphatic heterocycles. The first-order valence-electron chi connectivity index (χ1n) is 6.66. The van der Waals surface area contributed by atoms with Crippen molar-refractivity contribution in [3.63, 3.8) is 0 Å². The van der Waals surface area contributed by atoms with Crippen molar-refractivity contribution in [3.05, 3.63) is 63.4 Å². The first-order chi connectivity index (χ1) is 11.2. The van der Waals surface area contributed by atoms with Crippen molar-refractivity contribution in [2.75, 3.05) is 6.54 Å². The minimum Gasteiger partial charge on any atom is -0.545 e. The smallest absolute Gasteiger partial charge is 0.243 e. The molecule has 0 aliphatic carbocycles. The third-order valence-corrected chi connectivity index (χ3v) is 5.37. The van der Waals surface area contributed by atoms with E-state index in [1.807, 2.05) is 0 Å². The van der Waals surface area contributed by atoms with E-state index in [4.69, 9.17) is 23.2 Å². The molecule has 0 bridgehead atoms. The summed E-state index contributed by atoms with van der Waals surface area (Å²) in [5.41, 5.74) is 0.110. The van der Waals surface area contributed by atoms with Crippen molar-refractivity contribution < 1.29 is 22.7 Å². The number of sulfonamides is 1. The second-order valence-corrected chi connectivity index (χ2v) is 7.33. The van der Waals surface area contributed by atoms with Gasteiger partial charge in [-0.3, -0.25) is 0 Å². The molecular formula is C15H11Cl2FNO4S-. The molecule has 0 atom stereocenters. The van der Waals surface area contributed by atoms with Crippen LogP contribution in [0.5, 0.6) is 0 Å². The van der Waals surface area contributed by atoms with Crippen LogP contribution in [0, 0.1) is 5.82 Å². The summed E-state index contributed by atoms with van der Waals surface area (Å²) in [5, 5.41) is 11.5. The van der Waals surface area contributed by atoms with E-state index in [0.717, 1.165) is 12.1 Å².